The van der Waals surface area contributed by atoms with Gasteiger partial charge in [0.25, 0.3) is 5.91 Å². The monoisotopic (exact) mass is 301 g/mol. The van der Waals surface area contributed by atoms with Crippen molar-refractivity contribution in [2.45, 2.75) is 19.8 Å². The number of aromatic nitrogens is 2. The van der Waals surface area contributed by atoms with Gasteiger partial charge in [-0.15, -0.1) is 0 Å². The molecular weight excluding hydrogens is 282 g/mol. The predicted octanol–water partition coefficient (Wildman–Crippen LogP) is 2.12. The van der Waals surface area contributed by atoms with Crippen LogP contribution < -0.4 is 0 Å². The Balaban J connectivity index is 2.07. The summed E-state index contributed by atoms with van der Waals surface area (Å²) in [5.74, 6) is -0.958. The van der Waals surface area contributed by atoms with E-state index in [1.165, 1.54) is 0 Å². The van der Waals surface area contributed by atoms with E-state index in [-0.39, 0.29) is 12.3 Å². The molecule has 0 fully saturated rings. The number of carboxylic acids is 1. The molecule has 6 nitrogen and oxygen atoms in total. The summed E-state index contributed by atoms with van der Waals surface area (Å²) >= 11 is 0. The van der Waals surface area contributed by atoms with Crippen LogP contribution in [0.3, 0.4) is 0 Å². The molecule has 0 saturated carbocycles. The van der Waals surface area contributed by atoms with Crippen LogP contribution in [0.25, 0.3) is 5.69 Å². The van der Waals surface area contributed by atoms with Crippen LogP contribution in [0.2, 0.25) is 0 Å². The number of benzene rings is 1. The fourth-order valence-corrected chi connectivity index (χ4v) is 2.25. The highest BCUT2D eigenvalue weighted by atomic mass is 16.4. The van der Waals surface area contributed by atoms with Crippen molar-refractivity contribution in [1.29, 1.82) is 0 Å². The zero-order valence-corrected chi connectivity index (χ0v) is 12.7. The van der Waals surface area contributed by atoms with Crippen LogP contribution in [-0.4, -0.2) is 45.3 Å². The molecule has 0 aliphatic rings. The number of aliphatic carboxylic acids is 1. The summed E-state index contributed by atoms with van der Waals surface area (Å²) in [7, 11) is 1.68. The quantitative estimate of drug-likeness (QED) is 0.886. The lowest BCUT2D eigenvalue weighted by atomic mass is 10.1. The number of rotatable bonds is 6. The van der Waals surface area contributed by atoms with Crippen molar-refractivity contribution in [3.05, 3.63) is 47.8 Å². The Labute approximate surface area is 129 Å². The second-order valence-corrected chi connectivity index (χ2v) is 5.18. The molecule has 0 aliphatic carbocycles. The van der Waals surface area contributed by atoms with Gasteiger partial charge in [0.05, 0.1) is 5.69 Å². The number of carbonyl (C=O) groups excluding carboxylic acids is 1. The number of amides is 1. The first-order chi connectivity index (χ1) is 10.5. The smallest absolute Gasteiger partial charge is 0.303 e. The molecule has 0 radical (unpaired) electrons. The third-order valence-electron chi connectivity index (χ3n) is 3.43. The standard InChI is InChI=1S/C16H19N3O3/c1-12-11-13(6-7-14(12)19-10-4-8-17-19)16(22)18(2)9-3-5-15(20)21/h4,6-8,10-11H,3,5,9H2,1-2H3,(H,20,21). The van der Waals surface area contributed by atoms with E-state index in [9.17, 15) is 9.59 Å². The summed E-state index contributed by atoms with van der Waals surface area (Å²) in [5, 5.41) is 12.8. The van der Waals surface area contributed by atoms with E-state index in [1.54, 1.807) is 28.9 Å². The number of carboxylic acid groups (broad SMARTS) is 1. The lowest BCUT2D eigenvalue weighted by molar-refractivity contribution is -0.137. The maximum atomic E-state index is 12.3. The second-order valence-electron chi connectivity index (χ2n) is 5.18. The molecular formula is C16H19N3O3. The number of hydrogen-bond donors (Lipinski definition) is 1. The average molecular weight is 301 g/mol. The van der Waals surface area contributed by atoms with Crippen LogP contribution in [0.1, 0.15) is 28.8 Å². The molecule has 1 N–H and O–H groups in total. The predicted molar refractivity (Wildman–Crippen MR) is 82.1 cm³/mol. The summed E-state index contributed by atoms with van der Waals surface area (Å²) in [6.45, 7) is 2.35. The van der Waals surface area contributed by atoms with Crippen LogP contribution in [-0.2, 0) is 4.79 Å². The summed E-state index contributed by atoms with van der Waals surface area (Å²) in [6, 6.07) is 7.29. The van der Waals surface area contributed by atoms with Crippen molar-refractivity contribution in [1.82, 2.24) is 14.7 Å². The van der Waals surface area contributed by atoms with E-state index in [1.807, 2.05) is 31.3 Å². The van der Waals surface area contributed by atoms with Gasteiger partial charge in [0.1, 0.15) is 0 Å². The minimum absolute atomic E-state index is 0.0644. The van der Waals surface area contributed by atoms with Crippen LogP contribution in [0.4, 0.5) is 0 Å². The van der Waals surface area contributed by atoms with E-state index < -0.39 is 5.97 Å². The first-order valence-corrected chi connectivity index (χ1v) is 7.07. The minimum Gasteiger partial charge on any atom is -0.481 e. The Hall–Kier alpha value is -2.63. The molecule has 0 bridgehead atoms. The number of carbonyl (C=O) groups is 2. The molecule has 0 atom stereocenters. The van der Waals surface area contributed by atoms with Gasteiger partial charge >= 0.3 is 5.97 Å². The molecule has 2 rings (SSSR count). The average Bonchev–Trinajstić information content (AvgIpc) is 2.99. The Bertz CT molecular complexity index is 665. The normalized spacial score (nSPS) is 10.5. The first kappa shape index (κ1) is 15.8. The minimum atomic E-state index is -0.847. The largest absolute Gasteiger partial charge is 0.481 e. The van der Waals surface area contributed by atoms with Gasteiger partial charge in [-0.05, 0) is 43.2 Å². The number of aryl methyl sites for hydroxylation is 1. The Morgan fingerprint density at radius 3 is 2.73 bits per heavy atom. The Morgan fingerprint density at radius 2 is 2.14 bits per heavy atom. The van der Waals surface area contributed by atoms with Crippen molar-refractivity contribution >= 4 is 11.9 Å². The highest BCUT2D eigenvalue weighted by Gasteiger charge is 2.13. The topological polar surface area (TPSA) is 75.4 Å². The van der Waals surface area contributed by atoms with Crippen molar-refractivity contribution in [2.75, 3.05) is 13.6 Å². The van der Waals surface area contributed by atoms with E-state index in [0.717, 1.165) is 11.3 Å². The highest BCUT2D eigenvalue weighted by Crippen LogP contribution is 2.16. The molecule has 0 unspecified atom stereocenters. The van der Waals surface area contributed by atoms with Gasteiger partial charge in [0.15, 0.2) is 0 Å². The summed E-state index contributed by atoms with van der Waals surface area (Å²) in [5.41, 5.74) is 2.47. The third-order valence-corrected chi connectivity index (χ3v) is 3.43. The third kappa shape index (κ3) is 3.72. The van der Waals surface area contributed by atoms with Gasteiger partial charge in [0.2, 0.25) is 0 Å². The molecule has 1 aromatic heterocycles. The van der Waals surface area contributed by atoms with Gasteiger partial charge in [-0.3, -0.25) is 9.59 Å². The van der Waals surface area contributed by atoms with Crippen LogP contribution in [0.5, 0.6) is 0 Å². The number of nitrogens with zero attached hydrogens (tertiary/aromatic N) is 3. The molecule has 1 amide bonds. The van der Waals surface area contributed by atoms with Gasteiger partial charge in [-0.1, -0.05) is 0 Å². The summed E-state index contributed by atoms with van der Waals surface area (Å²) < 4.78 is 1.75. The Morgan fingerprint density at radius 1 is 1.36 bits per heavy atom. The highest BCUT2D eigenvalue weighted by molar-refractivity contribution is 5.94. The van der Waals surface area contributed by atoms with E-state index in [0.29, 0.717) is 18.5 Å². The van der Waals surface area contributed by atoms with Gasteiger partial charge < -0.3 is 10.0 Å². The summed E-state index contributed by atoms with van der Waals surface area (Å²) in [4.78, 5) is 24.4. The Kier molecular flexibility index (Phi) is 4.93. The SMILES string of the molecule is Cc1cc(C(=O)N(C)CCCC(=O)O)ccc1-n1cccn1. The first-order valence-electron chi connectivity index (χ1n) is 7.07. The van der Waals surface area contributed by atoms with Gasteiger partial charge in [-0.25, -0.2) is 4.68 Å². The fraction of sp³-hybridized carbons (Fsp3) is 0.312. The zero-order valence-electron chi connectivity index (χ0n) is 12.7. The molecule has 22 heavy (non-hydrogen) atoms. The molecule has 1 heterocycles. The maximum absolute atomic E-state index is 12.3. The summed E-state index contributed by atoms with van der Waals surface area (Å²) in [6.07, 6.45) is 4.06. The van der Waals surface area contributed by atoms with Crippen LogP contribution in [0, 0.1) is 6.92 Å². The molecule has 2 aromatic rings. The van der Waals surface area contributed by atoms with Gasteiger partial charge in [-0.2, -0.15) is 5.10 Å². The van der Waals surface area contributed by atoms with Crippen LogP contribution in [0.15, 0.2) is 36.7 Å². The van der Waals surface area contributed by atoms with E-state index in [2.05, 4.69) is 5.10 Å². The fourth-order valence-electron chi connectivity index (χ4n) is 2.25. The lowest BCUT2D eigenvalue weighted by Crippen LogP contribution is -2.28. The van der Waals surface area contributed by atoms with Crippen molar-refractivity contribution in [3.8, 4) is 5.69 Å². The van der Waals surface area contributed by atoms with E-state index in [4.69, 9.17) is 5.11 Å². The molecule has 0 saturated heterocycles. The molecule has 6 heteroatoms. The van der Waals surface area contributed by atoms with Crippen molar-refractivity contribution < 1.29 is 14.7 Å². The lowest BCUT2D eigenvalue weighted by Gasteiger charge is -2.17. The second kappa shape index (κ2) is 6.89. The molecule has 1 aromatic carbocycles. The molecule has 0 aliphatic heterocycles. The molecule has 0 spiro atoms. The molecule has 116 valence electrons. The number of hydrogen-bond acceptors (Lipinski definition) is 3. The maximum Gasteiger partial charge on any atom is 0.303 e. The van der Waals surface area contributed by atoms with Crippen molar-refractivity contribution in [2.24, 2.45) is 0 Å². The van der Waals surface area contributed by atoms with Gasteiger partial charge in [0, 0.05) is 38.0 Å². The zero-order chi connectivity index (χ0) is 16.1. The van der Waals surface area contributed by atoms with Crippen molar-refractivity contribution in [3.63, 3.8) is 0 Å². The van der Waals surface area contributed by atoms with Crippen LogP contribution >= 0.6 is 0 Å². The van der Waals surface area contributed by atoms with E-state index >= 15 is 0 Å².